The molecule has 0 radical (unpaired) electrons. The number of likely N-dealkylation sites (N-methyl/N-ethyl adjacent to an activating group) is 2. The van der Waals surface area contributed by atoms with Crippen molar-refractivity contribution in [3.63, 3.8) is 0 Å². The van der Waals surface area contributed by atoms with Crippen molar-refractivity contribution in [2.75, 3.05) is 65.8 Å². The van der Waals surface area contributed by atoms with Crippen LogP contribution in [0.15, 0.2) is 18.2 Å². The van der Waals surface area contributed by atoms with Gasteiger partial charge in [0.05, 0.1) is 25.7 Å². The molecule has 2 amide bonds. The van der Waals surface area contributed by atoms with E-state index in [2.05, 4.69) is 17.3 Å². The number of anilines is 1. The van der Waals surface area contributed by atoms with Crippen molar-refractivity contribution >= 4 is 17.5 Å². The zero-order valence-corrected chi connectivity index (χ0v) is 19.1. The van der Waals surface area contributed by atoms with Crippen LogP contribution in [0.3, 0.4) is 0 Å². The van der Waals surface area contributed by atoms with E-state index >= 15 is 0 Å². The number of nitrogens with zero attached hydrogens (tertiary/aromatic N) is 3. The van der Waals surface area contributed by atoms with Gasteiger partial charge in [0.15, 0.2) is 0 Å². The van der Waals surface area contributed by atoms with Crippen LogP contribution >= 0.6 is 0 Å². The number of rotatable bonds is 6. The maximum Gasteiger partial charge on any atom is 0.238 e. The minimum absolute atomic E-state index is 0.00638. The molecule has 0 unspecified atom stereocenters. The maximum absolute atomic E-state index is 12.9. The van der Waals surface area contributed by atoms with Gasteiger partial charge in [-0.1, -0.05) is 0 Å². The van der Waals surface area contributed by atoms with Gasteiger partial charge >= 0.3 is 0 Å². The normalized spacial score (nSPS) is 27.6. The molecule has 176 valence electrons. The van der Waals surface area contributed by atoms with Gasteiger partial charge in [-0.3, -0.25) is 9.59 Å². The molecule has 2 fully saturated rings. The minimum Gasteiger partial charge on any atom is -0.487 e. The quantitative estimate of drug-likeness (QED) is 0.651. The number of carbonyl (C=O) groups excluding carboxylic acids is 2. The second-order valence-corrected chi connectivity index (χ2v) is 9.33. The lowest BCUT2D eigenvalue weighted by Crippen LogP contribution is -2.50. The highest BCUT2D eigenvalue weighted by Gasteiger charge is 2.46. The first-order chi connectivity index (χ1) is 15.3. The van der Waals surface area contributed by atoms with Gasteiger partial charge in [-0.05, 0) is 45.8 Å². The molecule has 0 aliphatic carbocycles. The molecule has 3 aliphatic rings. The smallest absolute Gasteiger partial charge is 0.238 e. The van der Waals surface area contributed by atoms with Gasteiger partial charge in [0, 0.05) is 43.3 Å². The third-order valence-electron chi connectivity index (χ3n) is 6.50. The van der Waals surface area contributed by atoms with Gasteiger partial charge in [0.25, 0.3) is 0 Å². The van der Waals surface area contributed by atoms with E-state index in [4.69, 9.17) is 9.47 Å². The highest BCUT2D eigenvalue weighted by molar-refractivity contribution is 5.92. The van der Waals surface area contributed by atoms with Crippen LogP contribution in [0.1, 0.15) is 24.3 Å². The Morgan fingerprint density at radius 1 is 1.22 bits per heavy atom. The Hall–Kier alpha value is -2.20. The Labute approximate surface area is 189 Å². The molecule has 0 saturated carbocycles. The topological polar surface area (TPSA) is 94.6 Å². The van der Waals surface area contributed by atoms with Crippen LogP contribution in [-0.4, -0.2) is 110 Å². The number of piperazine rings is 1. The number of amides is 2. The number of nitrogens with one attached hydrogen (secondary N) is 1. The first kappa shape index (κ1) is 23.0. The van der Waals surface area contributed by atoms with Crippen molar-refractivity contribution in [3.05, 3.63) is 23.8 Å². The highest BCUT2D eigenvalue weighted by Crippen LogP contribution is 2.47. The van der Waals surface area contributed by atoms with Crippen LogP contribution in [0.25, 0.3) is 0 Å². The highest BCUT2D eigenvalue weighted by atomic mass is 16.6. The summed E-state index contributed by atoms with van der Waals surface area (Å²) >= 11 is 0. The number of aliphatic hydroxyl groups excluding tert-OH is 1. The molecular weight excluding hydrogens is 412 g/mol. The fourth-order valence-corrected chi connectivity index (χ4v) is 4.83. The SMILES string of the molecule is CN(C)CC(=O)Nc1ccc2c(c1)[C@H]1C[C@@H](CC(=O)N3CCN(C)CC3)O[C@@H](CO)[C@H]1O2. The molecule has 1 aromatic rings. The molecule has 3 aliphatic heterocycles. The summed E-state index contributed by atoms with van der Waals surface area (Å²) in [6.45, 7) is 3.37. The summed E-state index contributed by atoms with van der Waals surface area (Å²) in [6, 6.07) is 5.64. The van der Waals surface area contributed by atoms with Gasteiger partial charge in [-0.15, -0.1) is 0 Å². The third-order valence-corrected chi connectivity index (χ3v) is 6.50. The fourth-order valence-electron chi connectivity index (χ4n) is 4.83. The average molecular weight is 447 g/mol. The summed E-state index contributed by atoms with van der Waals surface area (Å²) in [6.07, 6.45) is -0.112. The summed E-state index contributed by atoms with van der Waals surface area (Å²) in [4.78, 5) is 31.0. The molecule has 9 nitrogen and oxygen atoms in total. The fraction of sp³-hybridized carbons (Fsp3) is 0.652. The van der Waals surface area contributed by atoms with E-state index in [0.29, 0.717) is 19.4 Å². The molecule has 9 heteroatoms. The number of hydrogen-bond donors (Lipinski definition) is 2. The van der Waals surface area contributed by atoms with Gasteiger partial charge < -0.3 is 34.6 Å². The predicted octanol–water partition coefficient (Wildman–Crippen LogP) is 0.345. The molecule has 0 aromatic heterocycles. The van der Waals surface area contributed by atoms with Crippen LogP contribution in [0.5, 0.6) is 5.75 Å². The number of fused-ring (bicyclic) bond motifs is 3. The maximum atomic E-state index is 12.9. The Kier molecular flexibility index (Phi) is 6.99. The molecule has 3 heterocycles. The van der Waals surface area contributed by atoms with Crippen molar-refractivity contribution in [1.29, 1.82) is 0 Å². The van der Waals surface area contributed by atoms with Crippen LogP contribution < -0.4 is 10.1 Å². The predicted molar refractivity (Wildman–Crippen MR) is 120 cm³/mol. The minimum atomic E-state index is -0.488. The van der Waals surface area contributed by atoms with Crippen LogP contribution in [0.4, 0.5) is 5.69 Å². The number of hydrogen-bond acceptors (Lipinski definition) is 7. The third kappa shape index (κ3) is 5.06. The lowest BCUT2D eigenvalue weighted by atomic mass is 9.84. The van der Waals surface area contributed by atoms with E-state index in [1.54, 1.807) is 0 Å². The summed E-state index contributed by atoms with van der Waals surface area (Å²) in [5, 5.41) is 12.9. The summed E-state index contributed by atoms with van der Waals surface area (Å²) in [5.74, 6) is 0.772. The monoisotopic (exact) mass is 446 g/mol. The van der Waals surface area contributed by atoms with Gasteiger partial charge in [-0.2, -0.15) is 0 Å². The van der Waals surface area contributed by atoms with Crippen LogP contribution in [0.2, 0.25) is 0 Å². The number of aliphatic hydroxyl groups is 1. The Morgan fingerprint density at radius 2 is 1.97 bits per heavy atom. The number of benzene rings is 1. The van der Waals surface area contributed by atoms with E-state index < -0.39 is 6.10 Å². The molecule has 4 rings (SSSR count). The molecule has 2 N–H and O–H groups in total. The standard InChI is InChI=1S/C23H34N4O5/c1-25(2)13-21(29)24-15-4-5-19-17(10-15)18-11-16(31-20(14-28)23(18)32-19)12-22(30)27-8-6-26(3)7-9-27/h4-5,10,16,18,20,23,28H,6-9,11-14H2,1-3H3,(H,24,29)/t16-,18+,20-,23-/m0/s1. The second-order valence-electron chi connectivity index (χ2n) is 9.33. The molecule has 0 bridgehead atoms. The molecule has 4 atom stereocenters. The van der Waals surface area contributed by atoms with Crippen LogP contribution in [-0.2, 0) is 14.3 Å². The summed E-state index contributed by atoms with van der Waals surface area (Å²) in [7, 11) is 5.76. The zero-order valence-electron chi connectivity index (χ0n) is 19.1. The Morgan fingerprint density at radius 3 is 2.66 bits per heavy atom. The van der Waals surface area contributed by atoms with E-state index in [9.17, 15) is 14.7 Å². The van der Waals surface area contributed by atoms with Gasteiger partial charge in [-0.25, -0.2) is 0 Å². The first-order valence-electron chi connectivity index (χ1n) is 11.3. The van der Waals surface area contributed by atoms with Crippen molar-refractivity contribution in [3.8, 4) is 5.75 Å². The van der Waals surface area contributed by atoms with Crippen LogP contribution in [0, 0.1) is 0 Å². The molecule has 1 aromatic carbocycles. The number of carbonyl (C=O) groups is 2. The molecule has 2 saturated heterocycles. The lowest BCUT2D eigenvalue weighted by molar-refractivity contribution is -0.150. The first-order valence-corrected chi connectivity index (χ1v) is 11.3. The molecule has 0 spiro atoms. The Balaban J connectivity index is 1.45. The van der Waals surface area contributed by atoms with Crippen molar-refractivity contribution < 1.29 is 24.2 Å². The van der Waals surface area contributed by atoms with Crippen molar-refractivity contribution in [2.45, 2.75) is 37.1 Å². The summed E-state index contributed by atoms with van der Waals surface area (Å²) in [5.41, 5.74) is 1.72. The Bertz CT molecular complexity index is 840. The molecule has 32 heavy (non-hydrogen) atoms. The van der Waals surface area contributed by atoms with Crippen molar-refractivity contribution in [2.24, 2.45) is 0 Å². The number of ether oxygens (including phenoxy) is 2. The van der Waals surface area contributed by atoms with E-state index in [-0.39, 0.29) is 36.5 Å². The lowest BCUT2D eigenvalue weighted by Gasteiger charge is -2.38. The second kappa shape index (κ2) is 9.74. The van der Waals surface area contributed by atoms with Crippen molar-refractivity contribution in [1.82, 2.24) is 14.7 Å². The summed E-state index contributed by atoms with van der Waals surface area (Å²) < 4.78 is 12.2. The van der Waals surface area contributed by atoms with Gasteiger partial charge in [0.1, 0.15) is 18.0 Å². The van der Waals surface area contributed by atoms with Gasteiger partial charge in [0.2, 0.25) is 11.8 Å². The van der Waals surface area contributed by atoms with E-state index in [0.717, 1.165) is 43.2 Å². The van der Waals surface area contributed by atoms with E-state index in [1.807, 2.05) is 42.1 Å². The largest absolute Gasteiger partial charge is 0.487 e. The average Bonchev–Trinajstić information content (AvgIpc) is 3.11. The van der Waals surface area contributed by atoms with E-state index in [1.165, 1.54) is 0 Å². The molecular formula is C23H34N4O5. The zero-order chi connectivity index (χ0) is 22.8.